The summed E-state index contributed by atoms with van der Waals surface area (Å²) in [6.45, 7) is 0.773. The summed E-state index contributed by atoms with van der Waals surface area (Å²) in [5, 5.41) is 0. The van der Waals surface area contributed by atoms with Crippen molar-refractivity contribution in [1.82, 2.24) is 0 Å². The lowest BCUT2D eigenvalue weighted by molar-refractivity contribution is 0.386. The highest BCUT2D eigenvalue weighted by Crippen LogP contribution is 2.14. The van der Waals surface area contributed by atoms with Crippen molar-refractivity contribution in [3.05, 3.63) is 34.3 Å². The van der Waals surface area contributed by atoms with Gasteiger partial charge >= 0.3 is 0 Å². The molecule has 1 aromatic carbocycles. The highest BCUT2D eigenvalue weighted by Gasteiger charge is 1.92. The second-order valence-corrected chi connectivity index (χ2v) is 4.62. The summed E-state index contributed by atoms with van der Waals surface area (Å²) in [6, 6.07) is 8.30. The normalized spacial score (nSPS) is 10.2. The minimum atomic E-state index is 0.773. The highest BCUT2D eigenvalue weighted by atomic mass is 127. The SMILES string of the molecule is Brc1ccc(CCOSI)cc1. The van der Waals surface area contributed by atoms with Crippen LogP contribution in [0.5, 0.6) is 0 Å². The molecule has 1 nitrogen and oxygen atoms in total. The standard InChI is InChI=1S/C8H8BrIOS/c9-8-3-1-7(2-4-8)5-6-11-12-10/h1-4H,5-6H2. The Hall–Kier alpha value is 0.740. The minimum Gasteiger partial charge on any atom is -0.305 e. The quantitative estimate of drug-likeness (QED) is 0.457. The number of halogens is 2. The fraction of sp³-hybridized carbons (Fsp3) is 0.250. The maximum atomic E-state index is 5.16. The van der Waals surface area contributed by atoms with Crippen LogP contribution in [0, 0.1) is 0 Å². The third-order valence-electron chi connectivity index (χ3n) is 1.43. The van der Waals surface area contributed by atoms with Crippen LogP contribution in [0.25, 0.3) is 0 Å². The molecule has 0 saturated heterocycles. The van der Waals surface area contributed by atoms with E-state index in [1.165, 1.54) is 14.8 Å². The molecule has 0 aliphatic heterocycles. The van der Waals surface area contributed by atoms with E-state index in [-0.39, 0.29) is 0 Å². The van der Waals surface area contributed by atoms with Gasteiger partial charge in [-0.2, -0.15) is 0 Å². The van der Waals surface area contributed by atoms with Crippen molar-refractivity contribution in [1.29, 1.82) is 0 Å². The Kier molecular flexibility index (Phi) is 5.62. The largest absolute Gasteiger partial charge is 0.305 e. The molecule has 0 amide bonds. The molecule has 12 heavy (non-hydrogen) atoms. The Bertz CT molecular complexity index is 227. The lowest BCUT2D eigenvalue weighted by atomic mass is 10.2. The van der Waals surface area contributed by atoms with Crippen LogP contribution in [0.4, 0.5) is 0 Å². The topological polar surface area (TPSA) is 9.23 Å². The number of hydrogen-bond donors (Lipinski definition) is 0. The Morgan fingerprint density at radius 3 is 2.58 bits per heavy atom. The first-order valence-electron chi connectivity index (χ1n) is 3.47. The van der Waals surface area contributed by atoms with E-state index < -0.39 is 0 Å². The van der Waals surface area contributed by atoms with Gasteiger partial charge in [-0.1, -0.05) is 28.1 Å². The molecule has 0 aliphatic rings. The summed E-state index contributed by atoms with van der Waals surface area (Å²) in [6.07, 6.45) is 0.975. The lowest BCUT2D eigenvalue weighted by Crippen LogP contribution is -1.91. The van der Waals surface area contributed by atoms with Gasteiger partial charge < -0.3 is 4.18 Å². The average molecular weight is 359 g/mol. The summed E-state index contributed by atoms with van der Waals surface area (Å²) in [5.41, 5.74) is 1.31. The molecule has 1 aromatic rings. The van der Waals surface area contributed by atoms with Gasteiger partial charge in [0.1, 0.15) is 0 Å². The van der Waals surface area contributed by atoms with Crippen LogP contribution in [-0.2, 0) is 10.6 Å². The Balaban J connectivity index is 2.37. The molecule has 0 aromatic heterocycles. The first-order valence-corrected chi connectivity index (χ1v) is 7.55. The Morgan fingerprint density at radius 1 is 1.33 bits per heavy atom. The predicted octanol–water partition coefficient (Wildman–Crippen LogP) is 4.01. The number of hydrogen-bond acceptors (Lipinski definition) is 2. The van der Waals surface area contributed by atoms with Gasteiger partial charge in [0.25, 0.3) is 0 Å². The highest BCUT2D eigenvalue weighted by molar-refractivity contribution is 14.2. The molecule has 0 heterocycles. The van der Waals surface area contributed by atoms with E-state index in [2.05, 4.69) is 49.3 Å². The molecule has 0 radical (unpaired) electrons. The van der Waals surface area contributed by atoms with Crippen LogP contribution >= 0.6 is 46.3 Å². The number of benzene rings is 1. The summed E-state index contributed by atoms with van der Waals surface area (Å²) < 4.78 is 6.28. The molecular weight excluding hydrogens is 351 g/mol. The predicted molar refractivity (Wildman–Crippen MR) is 65.4 cm³/mol. The van der Waals surface area contributed by atoms with Crippen molar-refractivity contribution in [2.75, 3.05) is 6.61 Å². The third kappa shape index (κ3) is 4.11. The molecule has 0 fully saturated rings. The van der Waals surface area contributed by atoms with Gasteiger partial charge in [-0.15, -0.1) is 0 Å². The summed E-state index contributed by atoms with van der Waals surface area (Å²) in [5.74, 6) is 0. The fourth-order valence-electron chi connectivity index (χ4n) is 0.842. The molecule has 0 N–H and O–H groups in total. The van der Waals surface area contributed by atoms with E-state index in [0.717, 1.165) is 17.5 Å². The van der Waals surface area contributed by atoms with E-state index in [9.17, 15) is 0 Å². The fourth-order valence-corrected chi connectivity index (χ4v) is 1.79. The van der Waals surface area contributed by atoms with Crippen LogP contribution in [0.3, 0.4) is 0 Å². The molecule has 4 heteroatoms. The monoisotopic (exact) mass is 358 g/mol. The molecule has 0 bridgehead atoms. The first kappa shape index (κ1) is 10.8. The van der Waals surface area contributed by atoms with Crippen LogP contribution in [-0.4, -0.2) is 6.61 Å². The molecule has 0 saturated carbocycles. The van der Waals surface area contributed by atoms with E-state index in [0.29, 0.717) is 0 Å². The molecule has 66 valence electrons. The van der Waals surface area contributed by atoms with Gasteiger partial charge in [-0.05, 0) is 24.1 Å². The van der Waals surface area contributed by atoms with Gasteiger partial charge in [0, 0.05) is 25.7 Å². The van der Waals surface area contributed by atoms with Crippen molar-refractivity contribution in [3.8, 4) is 0 Å². The summed E-state index contributed by atoms with van der Waals surface area (Å²) in [4.78, 5) is 0. The van der Waals surface area contributed by atoms with Crippen molar-refractivity contribution in [3.63, 3.8) is 0 Å². The molecular formula is C8H8BrIOS. The van der Waals surface area contributed by atoms with Crippen molar-refractivity contribution >= 4 is 46.3 Å². The smallest absolute Gasteiger partial charge is 0.0663 e. The van der Waals surface area contributed by atoms with Crippen LogP contribution in [0.1, 0.15) is 5.56 Å². The zero-order valence-corrected chi connectivity index (χ0v) is 10.9. The zero-order valence-electron chi connectivity index (χ0n) is 6.30. The summed E-state index contributed by atoms with van der Waals surface area (Å²) >= 11 is 5.51. The zero-order chi connectivity index (χ0) is 8.81. The van der Waals surface area contributed by atoms with Gasteiger partial charge in [0.2, 0.25) is 0 Å². The van der Waals surface area contributed by atoms with Crippen molar-refractivity contribution in [2.45, 2.75) is 6.42 Å². The summed E-state index contributed by atoms with van der Waals surface area (Å²) in [7, 11) is 1.38. The third-order valence-corrected chi connectivity index (χ3v) is 2.98. The molecule has 0 unspecified atom stereocenters. The van der Waals surface area contributed by atoms with Gasteiger partial charge in [-0.3, -0.25) is 0 Å². The molecule has 0 atom stereocenters. The van der Waals surface area contributed by atoms with E-state index in [1.54, 1.807) is 0 Å². The second kappa shape index (κ2) is 6.23. The number of rotatable bonds is 4. The first-order chi connectivity index (χ1) is 5.83. The van der Waals surface area contributed by atoms with Gasteiger partial charge in [0.05, 0.1) is 15.8 Å². The van der Waals surface area contributed by atoms with Crippen LogP contribution < -0.4 is 0 Å². The van der Waals surface area contributed by atoms with Gasteiger partial charge in [0.15, 0.2) is 0 Å². The van der Waals surface area contributed by atoms with Crippen molar-refractivity contribution in [2.24, 2.45) is 0 Å². The molecule has 1 rings (SSSR count). The van der Waals surface area contributed by atoms with E-state index in [1.807, 2.05) is 12.1 Å². The van der Waals surface area contributed by atoms with E-state index in [4.69, 9.17) is 4.18 Å². The second-order valence-electron chi connectivity index (χ2n) is 2.26. The minimum absolute atomic E-state index is 0.773. The van der Waals surface area contributed by atoms with Gasteiger partial charge in [-0.25, -0.2) is 0 Å². The van der Waals surface area contributed by atoms with Crippen LogP contribution in [0.15, 0.2) is 28.7 Å². The Labute approximate surface area is 97.2 Å². The van der Waals surface area contributed by atoms with Crippen molar-refractivity contribution < 1.29 is 4.18 Å². The average Bonchev–Trinajstić information content (AvgIpc) is 2.09. The maximum absolute atomic E-state index is 5.16. The molecule has 0 aliphatic carbocycles. The van der Waals surface area contributed by atoms with E-state index >= 15 is 0 Å². The van der Waals surface area contributed by atoms with Crippen LogP contribution in [0.2, 0.25) is 0 Å². The maximum Gasteiger partial charge on any atom is 0.0663 e. The lowest BCUT2D eigenvalue weighted by Gasteiger charge is -1.99. The molecule has 0 spiro atoms. The Morgan fingerprint density at radius 2 is 2.00 bits per heavy atom.